The number of non-ortho nitro benzene ring substituents is 1. The van der Waals surface area contributed by atoms with Gasteiger partial charge in [-0.3, -0.25) is 10.1 Å². The molecule has 0 fully saturated rings. The second kappa shape index (κ2) is 6.41. The van der Waals surface area contributed by atoms with E-state index in [0.29, 0.717) is 11.2 Å². The van der Waals surface area contributed by atoms with Crippen LogP contribution in [0.1, 0.15) is 5.69 Å². The van der Waals surface area contributed by atoms with Crippen molar-refractivity contribution in [1.82, 2.24) is 4.98 Å². The molecule has 0 saturated carbocycles. The summed E-state index contributed by atoms with van der Waals surface area (Å²) >= 11 is 3.07. The Hall–Kier alpha value is -2.52. The van der Waals surface area contributed by atoms with Gasteiger partial charge in [-0.05, 0) is 25.1 Å². The third kappa shape index (κ3) is 3.62. The molecule has 128 valence electrons. The van der Waals surface area contributed by atoms with Gasteiger partial charge in [0.05, 0.1) is 4.92 Å². The minimum atomic E-state index is -4.27. The Bertz CT molecular complexity index is 1100. The average molecular weight is 423 g/mol. The first kappa shape index (κ1) is 17.3. The normalized spacial score (nSPS) is 11.4. The molecule has 0 aliphatic rings. The summed E-state index contributed by atoms with van der Waals surface area (Å²) in [4.78, 5) is 14.3. The van der Waals surface area contributed by atoms with Crippen LogP contribution in [0.15, 0.2) is 57.9 Å². The summed E-state index contributed by atoms with van der Waals surface area (Å²) in [5, 5.41) is 11.7. The van der Waals surface area contributed by atoms with E-state index in [1.807, 2.05) is 0 Å². The number of nitro groups is 1. The van der Waals surface area contributed by atoms with Crippen LogP contribution in [0.2, 0.25) is 0 Å². The predicted octanol–water partition coefficient (Wildman–Crippen LogP) is 3.98. The second-order valence-corrected chi connectivity index (χ2v) is 7.68. The number of aromatic nitrogens is 1. The van der Waals surface area contributed by atoms with Gasteiger partial charge in [-0.15, -0.1) is 0 Å². The highest BCUT2D eigenvalue weighted by molar-refractivity contribution is 9.10. The van der Waals surface area contributed by atoms with Crippen LogP contribution in [0.4, 0.5) is 5.69 Å². The highest BCUT2D eigenvalue weighted by Gasteiger charge is 2.22. The zero-order valence-electron chi connectivity index (χ0n) is 12.8. The quantitative estimate of drug-likeness (QED) is 0.358. The molecule has 0 amide bonds. The molecule has 25 heavy (non-hydrogen) atoms. The van der Waals surface area contributed by atoms with Crippen LogP contribution in [0, 0.1) is 17.0 Å². The van der Waals surface area contributed by atoms with E-state index in [9.17, 15) is 18.5 Å². The summed E-state index contributed by atoms with van der Waals surface area (Å²) < 4.78 is 30.6. The molecule has 0 spiro atoms. The maximum Gasteiger partial charge on any atom is 0.339 e. The topological polar surface area (TPSA) is 99.4 Å². The van der Waals surface area contributed by atoms with Crippen molar-refractivity contribution in [1.29, 1.82) is 0 Å². The number of rotatable bonds is 4. The summed E-state index contributed by atoms with van der Waals surface area (Å²) in [6.07, 6.45) is 0. The number of pyridine rings is 1. The maximum absolute atomic E-state index is 12.6. The van der Waals surface area contributed by atoms with Gasteiger partial charge < -0.3 is 4.18 Å². The van der Waals surface area contributed by atoms with Gasteiger partial charge in [0.1, 0.15) is 10.4 Å². The van der Waals surface area contributed by atoms with E-state index in [1.165, 1.54) is 18.2 Å². The van der Waals surface area contributed by atoms with Gasteiger partial charge >= 0.3 is 10.1 Å². The molecule has 0 radical (unpaired) electrons. The molecule has 2 aromatic carbocycles. The van der Waals surface area contributed by atoms with Gasteiger partial charge in [0.2, 0.25) is 0 Å². The first-order valence-electron chi connectivity index (χ1n) is 7.02. The van der Waals surface area contributed by atoms with E-state index in [1.54, 1.807) is 31.2 Å². The first-order valence-corrected chi connectivity index (χ1v) is 9.22. The SMILES string of the molecule is Cc1ccc2cccc(OS(=O)(=O)c3cc(Br)cc([N+](=O)[O-])c3)c2n1. The molecule has 7 nitrogen and oxygen atoms in total. The number of fused-ring (bicyclic) bond motifs is 1. The molecule has 0 N–H and O–H groups in total. The van der Waals surface area contributed by atoms with Crippen LogP contribution >= 0.6 is 15.9 Å². The van der Waals surface area contributed by atoms with Crippen LogP contribution in [0.3, 0.4) is 0 Å². The Morgan fingerprint density at radius 1 is 1.16 bits per heavy atom. The van der Waals surface area contributed by atoms with Crippen LogP contribution in [-0.2, 0) is 10.1 Å². The molecular weight excluding hydrogens is 412 g/mol. The molecule has 0 saturated heterocycles. The Balaban J connectivity index is 2.09. The summed E-state index contributed by atoms with van der Waals surface area (Å²) in [5.74, 6) is 0.0591. The van der Waals surface area contributed by atoms with Gasteiger partial charge in [-0.25, -0.2) is 4.98 Å². The van der Waals surface area contributed by atoms with Crippen molar-refractivity contribution in [3.05, 3.63) is 68.8 Å². The number of hydrogen-bond donors (Lipinski definition) is 0. The number of aryl methyl sites for hydroxylation is 1. The molecule has 9 heteroatoms. The van der Waals surface area contributed by atoms with Crippen LogP contribution in [-0.4, -0.2) is 18.3 Å². The molecule has 3 aromatic rings. The smallest absolute Gasteiger partial charge is 0.339 e. The van der Waals surface area contributed by atoms with Crippen LogP contribution in [0.25, 0.3) is 10.9 Å². The molecule has 3 rings (SSSR count). The van der Waals surface area contributed by atoms with Crippen molar-refractivity contribution in [3.8, 4) is 5.75 Å². The third-order valence-corrected chi connectivity index (χ3v) is 5.05. The molecule has 0 bridgehead atoms. The van der Waals surface area contributed by atoms with Gasteiger partial charge in [0.25, 0.3) is 5.69 Å². The van der Waals surface area contributed by atoms with Crippen molar-refractivity contribution in [2.24, 2.45) is 0 Å². The fourth-order valence-corrected chi connectivity index (χ4v) is 3.88. The van der Waals surface area contributed by atoms with Crippen LogP contribution in [0.5, 0.6) is 5.75 Å². The number of benzene rings is 2. The number of nitro benzene ring substituents is 1. The van der Waals surface area contributed by atoms with Gasteiger partial charge in [-0.2, -0.15) is 8.42 Å². The van der Waals surface area contributed by atoms with E-state index in [4.69, 9.17) is 4.18 Å². The van der Waals surface area contributed by atoms with E-state index in [0.717, 1.165) is 11.5 Å². The highest BCUT2D eigenvalue weighted by Crippen LogP contribution is 2.29. The lowest BCUT2D eigenvalue weighted by Gasteiger charge is -2.10. The van der Waals surface area contributed by atoms with E-state index < -0.39 is 15.0 Å². The Kier molecular flexibility index (Phi) is 4.44. The fourth-order valence-electron chi connectivity index (χ4n) is 2.25. The predicted molar refractivity (Wildman–Crippen MR) is 95.1 cm³/mol. The van der Waals surface area contributed by atoms with Crippen molar-refractivity contribution in [2.45, 2.75) is 11.8 Å². The number of nitrogens with zero attached hydrogens (tertiary/aromatic N) is 2. The first-order chi connectivity index (χ1) is 11.8. The van der Waals surface area contributed by atoms with Crippen molar-refractivity contribution >= 4 is 42.6 Å². The summed E-state index contributed by atoms with van der Waals surface area (Å²) in [6.45, 7) is 1.78. The molecule has 1 heterocycles. The van der Waals surface area contributed by atoms with Crippen molar-refractivity contribution < 1.29 is 17.5 Å². The van der Waals surface area contributed by atoms with Crippen LogP contribution < -0.4 is 4.18 Å². The average Bonchev–Trinajstić information content (AvgIpc) is 2.54. The molecule has 0 aliphatic carbocycles. The van der Waals surface area contributed by atoms with E-state index in [-0.39, 0.29) is 20.8 Å². The van der Waals surface area contributed by atoms with Gasteiger partial charge in [-0.1, -0.05) is 34.1 Å². The number of hydrogen-bond acceptors (Lipinski definition) is 6. The standard InChI is InChI=1S/C16H11BrN2O5S/c1-10-5-6-11-3-2-4-15(16(11)18-10)24-25(22,23)14-8-12(17)7-13(9-14)19(20)21/h2-9H,1H3. The monoisotopic (exact) mass is 422 g/mol. The number of halogens is 1. The molecule has 0 atom stereocenters. The van der Waals surface area contributed by atoms with Gasteiger partial charge in [0.15, 0.2) is 5.75 Å². The zero-order valence-corrected chi connectivity index (χ0v) is 15.2. The second-order valence-electron chi connectivity index (χ2n) is 5.22. The summed E-state index contributed by atoms with van der Waals surface area (Å²) in [5.41, 5.74) is 0.748. The Morgan fingerprint density at radius 3 is 2.64 bits per heavy atom. The third-order valence-electron chi connectivity index (χ3n) is 3.38. The van der Waals surface area contributed by atoms with E-state index in [2.05, 4.69) is 20.9 Å². The molecular formula is C16H11BrN2O5S. The molecule has 0 aliphatic heterocycles. The Labute approximate surface area is 151 Å². The molecule has 0 unspecified atom stereocenters. The maximum atomic E-state index is 12.6. The number of para-hydroxylation sites is 1. The Morgan fingerprint density at radius 2 is 1.92 bits per heavy atom. The summed E-state index contributed by atoms with van der Waals surface area (Å²) in [6, 6.07) is 11.9. The lowest BCUT2D eigenvalue weighted by molar-refractivity contribution is -0.385. The molecule has 1 aromatic heterocycles. The lowest BCUT2D eigenvalue weighted by Crippen LogP contribution is -2.11. The van der Waals surface area contributed by atoms with Crippen molar-refractivity contribution in [3.63, 3.8) is 0 Å². The minimum Gasteiger partial charge on any atom is -0.377 e. The minimum absolute atomic E-state index is 0.0591. The van der Waals surface area contributed by atoms with E-state index >= 15 is 0 Å². The van der Waals surface area contributed by atoms with Gasteiger partial charge in [0, 0.05) is 27.7 Å². The summed E-state index contributed by atoms with van der Waals surface area (Å²) in [7, 11) is -4.27. The fraction of sp³-hybridized carbons (Fsp3) is 0.0625. The van der Waals surface area contributed by atoms with Crippen molar-refractivity contribution in [2.75, 3.05) is 0 Å². The zero-order chi connectivity index (χ0) is 18.2. The highest BCUT2D eigenvalue weighted by atomic mass is 79.9. The largest absolute Gasteiger partial charge is 0.377 e. The lowest BCUT2D eigenvalue weighted by atomic mass is 10.2.